The molecule has 0 radical (unpaired) electrons. The molecule has 0 spiro atoms. The number of benzene rings is 1. The summed E-state index contributed by atoms with van der Waals surface area (Å²) < 4.78 is 5.05. The number of hydrogen-bond acceptors (Lipinski definition) is 4. The van der Waals surface area contributed by atoms with E-state index in [9.17, 15) is 14.7 Å². The molecule has 6 nitrogen and oxygen atoms in total. The zero-order valence-corrected chi connectivity index (χ0v) is 11.3. The highest BCUT2D eigenvalue weighted by atomic mass is 35.5. The zero-order valence-electron chi connectivity index (χ0n) is 10.5. The molecule has 2 N–H and O–H groups in total. The van der Waals surface area contributed by atoms with Crippen LogP contribution in [0.2, 0.25) is 5.02 Å². The first-order valence-electron chi connectivity index (χ1n) is 6.06. The van der Waals surface area contributed by atoms with Gasteiger partial charge in [0.05, 0.1) is 12.6 Å². The molecule has 0 aliphatic carbocycles. The number of carbonyl (C=O) groups is 2. The lowest BCUT2D eigenvalue weighted by Crippen LogP contribution is -2.40. The molecule has 2 unspecified atom stereocenters. The van der Waals surface area contributed by atoms with Crippen LogP contribution in [0.5, 0.6) is 0 Å². The molecule has 2 rings (SSSR count). The van der Waals surface area contributed by atoms with Gasteiger partial charge in [0.25, 0.3) is 0 Å². The number of carboxylic acids is 1. The molecule has 1 aromatic rings. The minimum absolute atomic E-state index is 0.0192. The molecule has 0 aromatic heterocycles. The Morgan fingerprint density at radius 1 is 1.35 bits per heavy atom. The lowest BCUT2D eigenvalue weighted by atomic mass is 10.2. The van der Waals surface area contributed by atoms with Crippen molar-refractivity contribution < 1.29 is 24.5 Å². The summed E-state index contributed by atoms with van der Waals surface area (Å²) in [5, 5.41) is 19.0. The SMILES string of the molecule is O=C(O)C1CC(O)CN1C(=O)OCc1ccc(Cl)cc1. The molecule has 2 atom stereocenters. The van der Waals surface area contributed by atoms with Crippen LogP contribution >= 0.6 is 11.6 Å². The number of carboxylic acid groups (broad SMARTS) is 1. The lowest BCUT2D eigenvalue weighted by molar-refractivity contribution is -0.141. The highest BCUT2D eigenvalue weighted by molar-refractivity contribution is 6.30. The van der Waals surface area contributed by atoms with Gasteiger partial charge >= 0.3 is 12.1 Å². The maximum atomic E-state index is 11.8. The van der Waals surface area contributed by atoms with Crippen LogP contribution in [-0.2, 0) is 16.1 Å². The molecular weight excluding hydrogens is 286 g/mol. The van der Waals surface area contributed by atoms with Gasteiger partial charge in [-0.3, -0.25) is 4.90 Å². The van der Waals surface area contributed by atoms with Gasteiger partial charge in [-0.25, -0.2) is 9.59 Å². The number of aliphatic carboxylic acids is 1. The van der Waals surface area contributed by atoms with E-state index in [-0.39, 0.29) is 19.6 Å². The Morgan fingerprint density at radius 2 is 2.00 bits per heavy atom. The fourth-order valence-corrected chi connectivity index (χ4v) is 2.18. The Balaban J connectivity index is 1.94. The van der Waals surface area contributed by atoms with E-state index in [1.54, 1.807) is 24.3 Å². The third-order valence-electron chi connectivity index (χ3n) is 3.07. The van der Waals surface area contributed by atoms with Gasteiger partial charge in [0.2, 0.25) is 0 Å². The van der Waals surface area contributed by atoms with Crippen LogP contribution < -0.4 is 0 Å². The molecule has 0 saturated carbocycles. The summed E-state index contributed by atoms with van der Waals surface area (Å²) in [5.74, 6) is -1.15. The van der Waals surface area contributed by atoms with E-state index in [1.165, 1.54) is 0 Å². The minimum atomic E-state index is -1.15. The Hall–Kier alpha value is -1.79. The molecule has 1 amide bonds. The number of ether oxygens (including phenoxy) is 1. The van der Waals surface area contributed by atoms with Crippen molar-refractivity contribution in [2.75, 3.05) is 6.54 Å². The molecule has 1 aliphatic heterocycles. The quantitative estimate of drug-likeness (QED) is 0.883. The lowest BCUT2D eigenvalue weighted by Gasteiger charge is -2.20. The molecule has 1 heterocycles. The van der Waals surface area contributed by atoms with Crippen LogP contribution in [0.25, 0.3) is 0 Å². The molecule has 0 bridgehead atoms. The molecule has 1 fully saturated rings. The number of halogens is 1. The molecule has 1 aromatic carbocycles. The van der Waals surface area contributed by atoms with E-state index in [0.29, 0.717) is 5.02 Å². The summed E-state index contributed by atoms with van der Waals surface area (Å²) in [6.45, 7) is -0.00858. The average Bonchev–Trinajstić information content (AvgIpc) is 2.80. The van der Waals surface area contributed by atoms with Gasteiger partial charge < -0.3 is 14.9 Å². The first-order valence-corrected chi connectivity index (χ1v) is 6.44. The third kappa shape index (κ3) is 3.40. The van der Waals surface area contributed by atoms with E-state index in [1.807, 2.05) is 0 Å². The van der Waals surface area contributed by atoms with Crippen LogP contribution in [-0.4, -0.2) is 45.9 Å². The Kier molecular flexibility index (Phi) is 4.46. The molecular formula is C13H14ClNO5. The first kappa shape index (κ1) is 14.6. The standard InChI is InChI=1S/C13H14ClNO5/c14-9-3-1-8(2-4-9)7-20-13(19)15-6-10(16)5-11(15)12(17)18/h1-4,10-11,16H,5-7H2,(H,17,18). The fourth-order valence-electron chi connectivity index (χ4n) is 2.06. The Bertz CT molecular complexity index is 504. The summed E-state index contributed by atoms with van der Waals surface area (Å²) in [6.07, 6.45) is -1.56. The van der Waals surface area contributed by atoms with Crippen molar-refractivity contribution in [3.05, 3.63) is 34.9 Å². The number of aliphatic hydroxyl groups is 1. The Labute approximate surface area is 120 Å². The Morgan fingerprint density at radius 3 is 2.60 bits per heavy atom. The summed E-state index contributed by atoms with van der Waals surface area (Å²) in [7, 11) is 0. The van der Waals surface area contributed by atoms with Gasteiger partial charge in [-0.15, -0.1) is 0 Å². The summed E-state index contributed by atoms with van der Waals surface area (Å²) in [4.78, 5) is 23.9. The van der Waals surface area contributed by atoms with Crippen LogP contribution in [0.1, 0.15) is 12.0 Å². The molecule has 1 saturated heterocycles. The van der Waals surface area contributed by atoms with Crippen LogP contribution in [0.15, 0.2) is 24.3 Å². The van der Waals surface area contributed by atoms with E-state index in [0.717, 1.165) is 10.5 Å². The highest BCUT2D eigenvalue weighted by Gasteiger charge is 2.39. The summed E-state index contributed by atoms with van der Waals surface area (Å²) >= 11 is 5.74. The normalized spacial score (nSPS) is 21.8. The first-order chi connectivity index (χ1) is 9.47. The minimum Gasteiger partial charge on any atom is -0.480 e. The van der Waals surface area contributed by atoms with Crippen molar-refractivity contribution in [3.8, 4) is 0 Å². The van der Waals surface area contributed by atoms with Crippen molar-refractivity contribution in [1.82, 2.24) is 4.90 Å². The number of rotatable bonds is 3. The van der Waals surface area contributed by atoms with Gasteiger partial charge in [0.15, 0.2) is 0 Å². The van der Waals surface area contributed by atoms with Crippen LogP contribution in [0, 0.1) is 0 Å². The predicted octanol–water partition coefficient (Wildman–Crippen LogP) is 1.50. The second kappa shape index (κ2) is 6.11. The molecule has 108 valence electrons. The van der Waals surface area contributed by atoms with Gasteiger partial charge in [-0.1, -0.05) is 23.7 Å². The van der Waals surface area contributed by atoms with Gasteiger partial charge in [0, 0.05) is 11.4 Å². The molecule has 7 heteroatoms. The number of aliphatic hydroxyl groups excluding tert-OH is 1. The zero-order chi connectivity index (χ0) is 14.7. The fraction of sp³-hybridized carbons (Fsp3) is 0.385. The second-order valence-corrected chi connectivity index (χ2v) is 5.01. The maximum absolute atomic E-state index is 11.8. The van der Waals surface area contributed by atoms with Crippen LogP contribution in [0.4, 0.5) is 4.79 Å². The van der Waals surface area contributed by atoms with Gasteiger partial charge in [-0.05, 0) is 17.7 Å². The van der Waals surface area contributed by atoms with Crippen molar-refractivity contribution in [2.45, 2.75) is 25.2 Å². The number of nitrogens with zero attached hydrogens (tertiary/aromatic N) is 1. The predicted molar refractivity (Wildman–Crippen MR) is 70.4 cm³/mol. The van der Waals surface area contributed by atoms with Gasteiger partial charge in [-0.2, -0.15) is 0 Å². The number of likely N-dealkylation sites (tertiary alicyclic amines) is 1. The van der Waals surface area contributed by atoms with E-state index in [4.69, 9.17) is 21.4 Å². The number of amides is 1. The third-order valence-corrected chi connectivity index (χ3v) is 3.33. The molecule has 20 heavy (non-hydrogen) atoms. The monoisotopic (exact) mass is 299 g/mol. The summed E-state index contributed by atoms with van der Waals surface area (Å²) in [5.41, 5.74) is 0.745. The maximum Gasteiger partial charge on any atom is 0.410 e. The van der Waals surface area contributed by atoms with Crippen LogP contribution in [0.3, 0.4) is 0 Å². The number of carbonyl (C=O) groups excluding carboxylic acids is 1. The van der Waals surface area contributed by atoms with Gasteiger partial charge in [0.1, 0.15) is 12.6 Å². The second-order valence-electron chi connectivity index (χ2n) is 4.58. The summed E-state index contributed by atoms with van der Waals surface area (Å²) in [6, 6.07) is 5.73. The topological polar surface area (TPSA) is 87.1 Å². The molecule has 1 aliphatic rings. The highest BCUT2D eigenvalue weighted by Crippen LogP contribution is 2.20. The largest absolute Gasteiger partial charge is 0.480 e. The van der Waals surface area contributed by atoms with E-state index < -0.39 is 24.2 Å². The number of β-amino-alcohol motifs (C(OH)–C–C–N with tert-alkyl or cyclic N) is 1. The average molecular weight is 300 g/mol. The van der Waals surface area contributed by atoms with Crippen molar-refractivity contribution in [2.24, 2.45) is 0 Å². The van der Waals surface area contributed by atoms with E-state index in [2.05, 4.69) is 0 Å². The smallest absolute Gasteiger partial charge is 0.410 e. The van der Waals surface area contributed by atoms with E-state index >= 15 is 0 Å². The van der Waals surface area contributed by atoms with Crippen molar-refractivity contribution >= 4 is 23.7 Å². The van der Waals surface area contributed by atoms with Crippen molar-refractivity contribution in [1.29, 1.82) is 0 Å². The number of hydrogen-bond donors (Lipinski definition) is 2. The van der Waals surface area contributed by atoms with Crippen molar-refractivity contribution in [3.63, 3.8) is 0 Å².